The van der Waals surface area contributed by atoms with Crippen molar-refractivity contribution in [3.63, 3.8) is 0 Å². The molecule has 31 heavy (non-hydrogen) atoms. The van der Waals surface area contributed by atoms with E-state index < -0.39 is 12.2 Å². The van der Waals surface area contributed by atoms with E-state index in [4.69, 9.17) is 14.2 Å². The zero-order valence-corrected chi connectivity index (χ0v) is 18.7. The minimum atomic E-state index is -0.459. The van der Waals surface area contributed by atoms with Crippen molar-refractivity contribution in [1.29, 1.82) is 0 Å². The molecule has 0 aliphatic carbocycles. The minimum absolute atomic E-state index is 0.184. The Labute approximate surface area is 182 Å². The topological polar surface area (TPSA) is 86.8 Å². The molecule has 10 nitrogen and oxygen atoms in total. The van der Waals surface area contributed by atoms with Crippen molar-refractivity contribution < 1.29 is 23.8 Å². The van der Waals surface area contributed by atoms with Crippen LogP contribution >= 0.6 is 0 Å². The highest BCUT2D eigenvalue weighted by Gasteiger charge is 2.56. The van der Waals surface area contributed by atoms with Gasteiger partial charge in [0.1, 0.15) is 30.0 Å². The van der Waals surface area contributed by atoms with E-state index in [9.17, 15) is 9.59 Å². The Morgan fingerprint density at radius 1 is 1.13 bits per heavy atom. The summed E-state index contributed by atoms with van der Waals surface area (Å²) in [5.41, 5.74) is 0.911. The Bertz CT molecular complexity index is 851. The van der Waals surface area contributed by atoms with Crippen LogP contribution in [0.3, 0.4) is 0 Å². The second-order valence-electron chi connectivity index (χ2n) is 8.30. The average Bonchev–Trinajstić information content (AvgIpc) is 3.16. The fourth-order valence-electron chi connectivity index (χ4n) is 4.81. The summed E-state index contributed by atoms with van der Waals surface area (Å²) >= 11 is 0. The number of hydrogen-bond donors (Lipinski definition) is 1. The van der Waals surface area contributed by atoms with Gasteiger partial charge in [-0.05, 0) is 18.1 Å². The van der Waals surface area contributed by atoms with Crippen LogP contribution in [0.15, 0.2) is 18.2 Å². The molecule has 4 atom stereocenters. The van der Waals surface area contributed by atoms with Crippen LogP contribution in [0.4, 0.5) is 10.5 Å². The largest absolute Gasteiger partial charge is 0.497 e. The number of likely N-dealkylation sites (N-methyl/N-ethyl adjacent to an activating group) is 1. The number of methoxy groups -OCH3 is 3. The van der Waals surface area contributed by atoms with Gasteiger partial charge < -0.3 is 24.0 Å². The molecule has 1 aromatic carbocycles. The second kappa shape index (κ2) is 8.52. The van der Waals surface area contributed by atoms with Crippen LogP contribution in [-0.2, 0) is 9.53 Å². The molecular formula is C21H31N5O5. The lowest BCUT2D eigenvalue weighted by Crippen LogP contribution is -2.67. The van der Waals surface area contributed by atoms with Crippen molar-refractivity contribution in [1.82, 2.24) is 20.0 Å². The average molecular weight is 434 g/mol. The molecule has 10 heteroatoms. The molecule has 4 rings (SSSR count). The third kappa shape index (κ3) is 3.58. The highest BCUT2D eigenvalue weighted by atomic mass is 16.5. The predicted molar refractivity (Wildman–Crippen MR) is 114 cm³/mol. The molecule has 0 bridgehead atoms. The van der Waals surface area contributed by atoms with E-state index in [1.807, 2.05) is 18.2 Å². The smallest absolute Gasteiger partial charge is 0.327 e. The third-order valence-corrected chi connectivity index (χ3v) is 6.30. The van der Waals surface area contributed by atoms with Crippen molar-refractivity contribution >= 4 is 17.6 Å². The van der Waals surface area contributed by atoms with E-state index in [0.29, 0.717) is 24.0 Å². The van der Waals surface area contributed by atoms with Crippen LogP contribution in [0.25, 0.3) is 0 Å². The monoisotopic (exact) mass is 433 g/mol. The lowest BCUT2D eigenvalue weighted by molar-refractivity contribution is -0.139. The summed E-state index contributed by atoms with van der Waals surface area (Å²) < 4.78 is 16.1. The Morgan fingerprint density at radius 2 is 1.90 bits per heavy atom. The van der Waals surface area contributed by atoms with Gasteiger partial charge in [0.15, 0.2) is 0 Å². The summed E-state index contributed by atoms with van der Waals surface area (Å²) in [5, 5.41) is 3.52. The van der Waals surface area contributed by atoms with Crippen molar-refractivity contribution in [2.45, 2.75) is 25.4 Å². The molecule has 3 fully saturated rings. The summed E-state index contributed by atoms with van der Waals surface area (Å²) in [6, 6.07) is 4.96. The molecule has 0 saturated carbocycles. The van der Waals surface area contributed by atoms with Gasteiger partial charge in [-0.15, -0.1) is 0 Å². The van der Waals surface area contributed by atoms with Crippen LogP contribution in [0.1, 0.15) is 6.92 Å². The number of amides is 3. The Hall–Kier alpha value is -2.56. The lowest BCUT2D eigenvalue weighted by atomic mass is 10.0. The molecule has 3 heterocycles. The van der Waals surface area contributed by atoms with E-state index >= 15 is 0 Å². The molecule has 3 amide bonds. The zero-order chi connectivity index (χ0) is 22.3. The van der Waals surface area contributed by atoms with Crippen molar-refractivity contribution in [3.8, 4) is 11.5 Å². The molecular weight excluding hydrogens is 402 g/mol. The Morgan fingerprint density at radius 3 is 2.58 bits per heavy atom. The number of nitrogens with zero attached hydrogens (tertiary/aromatic N) is 4. The summed E-state index contributed by atoms with van der Waals surface area (Å²) in [7, 11) is 6.55. The molecule has 0 spiro atoms. The highest BCUT2D eigenvalue weighted by Crippen LogP contribution is 2.39. The second-order valence-corrected chi connectivity index (χ2v) is 8.30. The van der Waals surface area contributed by atoms with Gasteiger partial charge in [0.25, 0.3) is 5.91 Å². The van der Waals surface area contributed by atoms with Gasteiger partial charge >= 0.3 is 6.03 Å². The number of urea groups is 1. The third-order valence-electron chi connectivity index (χ3n) is 6.30. The molecule has 3 aliphatic heterocycles. The first-order chi connectivity index (χ1) is 14.9. The summed E-state index contributed by atoms with van der Waals surface area (Å²) in [6.07, 6.45) is -0.643. The zero-order valence-electron chi connectivity index (χ0n) is 18.7. The van der Waals surface area contributed by atoms with Crippen LogP contribution in [0.5, 0.6) is 11.5 Å². The van der Waals surface area contributed by atoms with E-state index in [2.05, 4.69) is 22.0 Å². The van der Waals surface area contributed by atoms with E-state index in [0.717, 1.165) is 18.8 Å². The normalized spacial score (nSPS) is 28.6. The SMILES string of the molecule is COCCN1C(=O)C2C(NC3N(c4ccc(OC)cc4OC)CC(C)CN23)N(C)C1=O. The fourth-order valence-corrected chi connectivity index (χ4v) is 4.81. The molecule has 0 radical (unpaired) electrons. The number of imide groups is 1. The maximum Gasteiger partial charge on any atom is 0.327 e. The molecule has 170 valence electrons. The van der Waals surface area contributed by atoms with Gasteiger partial charge in [-0.3, -0.25) is 19.9 Å². The minimum Gasteiger partial charge on any atom is -0.497 e. The molecule has 3 saturated heterocycles. The van der Waals surface area contributed by atoms with E-state index in [1.165, 1.54) is 4.90 Å². The lowest BCUT2D eigenvalue weighted by Gasteiger charge is -2.46. The fraction of sp³-hybridized carbons (Fsp3) is 0.619. The number of carbonyl (C=O) groups is 2. The molecule has 0 aromatic heterocycles. The van der Waals surface area contributed by atoms with E-state index in [1.54, 1.807) is 33.3 Å². The van der Waals surface area contributed by atoms with Crippen LogP contribution < -0.4 is 19.7 Å². The van der Waals surface area contributed by atoms with Gasteiger partial charge in [0.05, 0.1) is 33.1 Å². The molecule has 1 aromatic rings. The van der Waals surface area contributed by atoms with Gasteiger partial charge in [-0.25, -0.2) is 4.79 Å². The Kier molecular flexibility index (Phi) is 5.96. The number of nitrogens with one attached hydrogen (secondary N) is 1. The van der Waals surface area contributed by atoms with Gasteiger partial charge in [-0.2, -0.15) is 0 Å². The predicted octanol–water partition coefficient (Wildman–Crippen LogP) is 0.584. The summed E-state index contributed by atoms with van der Waals surface area (Å²) in [5.74, 6) is 1.54. The van der Waals surface area contributed by atoms with Crippen molar-refractivity contribution in [2.75, 3.05) is 59.5 Å². The van der Waals surface area contributed by atoms with E-state index in [-0.39, 0.29) is 24.8 Å². The maximum absolute atomic E-state index is 13.4. The quantitative estimate of drug-likeness (QED) is 0.698. The molecule has 1 N–H and O–H groups in total. The Balaban J connectivity index is 1.68. The number of ether oxygens (including phenoxy) is 3. The van der Waals surface area contributed by atoms with Crippen molar-refractivity contribution in [2.24, 2.45) is 5.92 Å². The van der Waals surface area contributed by atoms with Gasteiger partial charge in [0.2, 0.25) is 0 Å². The molecule has 3 aliphatic rings. The standard InChI is InChI=1S/C21H31N5O5/c1-13-11-25(15-7-6-14(30-4)10-16(15)31-5)20-22-18-17(26(20)12-13)19(27)24(8-9-29-3)21(28)23(18)2/h6-7,10,13,17-18,20,22H,8-9,11-12H2,1-5H3. The number of rotatable bonds is 6. The summed E-state index contributed by atoms with van der Waals surface area (Å²) in [4.78, 5) is 33.5. The molecule has 4 unspecified atom stereocenters. The van der Waals surface area contributed by atoms with Crippen LogP contribution in [0, 0.1) is 5.92 Å². The number of carbonyl (C=O) groups excluding carboxylic acids is 2. The van der Waals surface area contributed by atoms with Crippen LogP contribution in [0.2, 0.25) is 0 Å². The highest BCUT2D eigenvalue weighted by molar-refractivity contribution is 6.00. The van der Waals surface area contributed by atoms with Gasteiger partial charge in [0, 0.05) is 33.3 Å². The first-order valence-electron chi connectivity index (χ1n) is 10.5. The summed E-state index contributed by atoms with van der Waals surface area (Å²) in [6.45, 7) is 4.25. The number of anilines is 1. The first-order valence-corrected chi connectivity index (χ1v) is 10.5. The number of benzene rings is 1. The number of hydrogen-bond acceptors (Lipinski definition) is 8. The first kappa shape index (κ1) is 21.7. The van der Waals surface area contributed by atoms with Crippen LogP contribution in [-0.4, -0.2) is 99.8 Å². The van der Waals surface area contributed by atoms with Gasteiger partial charge in [-0.1, -0.05) is 6.92 Å². The number of fused-ring (bicyclic) bond motifs is 3. The van der Waals surface area contributed by atoms with Crippen molar-refractivity contribution in [3.05, 3.63) is 18.2 Å². The maximum atomic E-state index is 13.4.